The van der Waals surface area contributed by atoms with Crippen LogP contribution in [0.5, 0.6) is 11.5 Å². The highest BCUT2D eigenvalue weighted by atomic mass is 16.5. The number of ether oxygens (including phenoxy) is 2. The van der Waals surface area contributed by atoms with E-state index in [2.05, 4.69) is 11.9 Å². The Bertz CT molecular complexity index is 535. The SMILES string of the molecule is COc1ccc(C(N)CCC(=O)O)cc1OC1CCCN(C)C1. The van der Waals surface area contributed by atoms with E-state index in [1.807, 2.05) is 18.2 Å². The van der Waals surface area contributed by atoms with Crippen molar-refractivity contribution in [3.8, 4) is 11.5 Å². The topological polar surface area (TPSA) is 85.0 Å². The summed E-state index contributed by atoms with van der Waals surface area (Å²) in [6.45, 7) is 1.98. The summed E-state index contributed by atoms with van der Waals surface area (Å²) in [5, 5.41) is 8.78. The molecule has 1 aliphatic rings. The van der Waals surface area contributed by atoms with Gasteiger partial charge in [0.1, 0.15) is 6.10 Å². The average molecular weight is 322 g/mol. The maximum absolute atomic E-state index is 10.7. The minimum atomic E-state index is -0.837. The third-order valence-corrected chi connectivity index (χ3v) is 4.16. The van der Waals surface area contributed by atoms with Crippen LogP contribution in [0.3, 0.4) is 0 Å². The first-order valence-corrected chi connectivity index (χ1v) is 8.00. The fourth-order valence-corrected chi connectivity index (χ4v) is 2.86. The summed E-state index contributed by atoms with van der Waals surface area (Å²) in [5.41, 5.74) is 6.96. The van der Waals surface area contributed by atoms with Crippen LogP contribution in [0.2, 0.25) is 0 Å². The molecule has 2 rings (SSSR count). The predicted molar refractivity (Wildman–Crippen MR) is 87.9 cm³/mol. The molecule has 1 heterocycles. The van der Waals surface area contributed by atoms with Crippen LogP contribution in [0.1, 0.15) is 37.3 Å². The largest absolute Gasteiger partial charge is 0.493 e. The fourth-order valence-electron chi connectivity index (χ4n) is 2.86. The summed E-state index contributed by atoms with van der Waals surface area (Å²) >= 11 is 0. The Kier molecular flexibility index (Phi) is 6.24. The van der Waals surface area contributed by atoms with Crippen molar-refractivity contribution in [1.29, 1.82) is 0 Å². The molecule has 0 saturated carbocycles. The van der Waals surface area contributed by atoms with Gasteiger partial charge in [0.2, 0.25) is 0 Å². The molecular weight excluding hydrogens is 296 g/mol. The van der Waals surface area contributed by atoms with Gasteiger partial charge in [-0.2, -0.15) is 0 Å². The Labute approximate surface area is 137 Å². The molecule has 1 saturated heterocycles. The molecule has 0 amide bonds. The lowest BCUT2D eigenvalue weighted by atomic mass is 10.0. The molecule has 6 nitrogen and oxygen atoms in total. The molecule has 1 aliphatic heterocycles. The lowest BCUT2D eigenvalue weighted by molar-refractivity contribution is -0.137. The molecule has 128 valence electrons. The number of likely N-dealkylation sites (tertiary alicyclic amines) is 1. The van der Waals surface area contributed by atoms with E-state index in [-0.39, 0.29) is 18.6 Å². The number of hydrogen-bond acceptors (Lipinski definition) is 5. The molecule has 1 aromatic rings. The molecule has 3 N–H and O–H groups in total. The van der Waals surface area contributed by atoms with Crippen LogP contribution in [0, 0.1) is 0 Å². The first-order valence-electron chi connectivity index (χ1n) is 8.00. The first kappa shape index (κ1) is 17.6. The fraction of sp³-hybridized carbons (Fsp3) is 0.588. The van der Waals surface area contributed by atoms with E-state index in [4.69, 9.17) is 20.3 Å². The monoisotopic (exact) mass is 322 g/mol. The number of hydrogen-bond donors (Lipinski definition) is 2. The number of benzene rings is 1. The zero-order valence-corrected chi connectivity index (χ0v) is 13.8. The normalized spacial score (nSPS) is 20.0. The molecule has 2 unspecified atom stereocenters. The third kappa shape index (κ3) is 5.11. The highest BCUT2D eigenvalue weighted by Gasteiger charge is 2.21. The van der Waals surface area contributed by atoms with Crippen molar-refractivity contribution >= 4 is 5.97 Å². The molecule has 0 aliphatic carbocycles. The van der Waals surface area contributed by atoms with Crippen molar-refractivity contribution in [2.45, 2.75) is 37.8 Å². The molecule has 0 aromatic heterocycles. The summed E-state index contributed by atoms with van der Waals surface area (Å²) in [6.07, 6.45) is 2.71. The lowest BCUT2D eigenvalue weighted by Gasteiger charge is -2.30. The highest BCUT2D eigenvalue weighted by molar-refractivity contribution is 5.66. The number of nitrogens with two attached hydrogens (primary N) is 1. The predicted octanol–water partition coefficient (Wildman–Crippen LogP) is 2.03. The number of carboxylic acids is 1. The summed E-state index contributed by atoms with van der Waals surface area (Å²) in [5.74, 6) is 0.513. The van der Waals surface area contributed by atoms with Crippen molar-refractivity contribution in [2.24, 2.45) is 5.73 Å². The van der Waals surface area contributed by atoms with Gasteiger partial charge in [-0.15, -0.1) is 0 Å². The van der Waals surface area contributed by atoms with Crippen molar-refractivity contribution in [3.05, 3.63) is 23.8 Å². The second kappa shape index (κ2) is 8.17. The van der Waals surface area contributed by atoms with E-state index in [1.54, 1.807) is 7.11 Å². The maximum Gasteiger partial charge on any atom is 0.303 e. The second-order valence-electron chi connectivity index (χ2n) is 6.09. The van der Waals surface area contributed by atoms with Gasteiger partial charge in [0.25, 0.3) is 0 Å². The molecule has 0 bridgehead atoms. The van der Waals surface area contributed by atoms with Crippen LogP contribution in [-0.4, -0.2) is 49.3 Å². The molecular formula is C17H26N2O4. The lowest BCUT2D eigenvalue weighted by Crippen LogP contribution is -2.38. The van der Waals surface area contributed by atoms with Gasteiger partial charge >= 0.3 is 5.97 Å². The Morgan fingerprint density at radius 3 is 2.91 bits per heavy atom. The zero-order valence-electron chi connectivity index (χ0n) is 13.8. The highest BCUT2D eigenvalue weighted by Crippen LogP contribution is 2.32. The number of rotatable bonds is 7. The first-order chi connectivity index (χ1) is 11.0. The number of likely N-dealkylation sites (N-methyl/N-ethyl adjacent to an activating group) is 1. The van der Waals surface area contributed by atoms with E-state index < -0.39 is 5.97 Å². The van der Waals surface area contributed by atoms with Crippen LogP contribution in [-0.2, 0) is 4.79 Å². The molecule has 2 atom stereocenters. The van der Waals surface area contributed by atoms with Gasteiger partial charge < -0.3 is 25.2 Å². The van der Waals surface area contributed by atoms with Crippen LogP contribution < -0.4 is 15.2 Å². The van der Waals surface area contributed by atoms with Crippen molar-refractivity contribution in [2.75, 3.05) is 27.2 Å². The van der Waals surface area contributed by atoms with Gasteiger partial charge in [-0.25, -0.2) is 0 Å². The minimum absolute atomic E-state index is 0.0524. The number of carbonyl (C=O) groups is 1. The van der Waals surface area contributed by atoms with Crippen LogP contribution >= 0.6 is 0 Å². The van der Waals surface area contributed by atoms with Gasteiger partial charge in [-0.1, -0.05) is 6.07 Å². The van der Waals surface area contributed by atoms with Gasteiger partial charge in [0, 0.05) is 19.0 Å². The number of aliphatic carboxylic acids is 1. The maximum atomic E-state index is 10.7. The van der Waals surface area contributed by atoms with Crippen molar-refractivity contribution < 1.29 is 19.4 Å². The summed E-state index contributed by atoms with van der Waals surface area (Å²) < 4.78 is 11.5. The number of carboxylic acid groups (broad SMARTS) is 1. The molecule has 6 heteroatoms. The van der Waals surface area contributed by atoms with Gasteiger partial charge in [-0.05, 0) is 50.6 Å². The summed E-state index contributed by atoms with van der Waals surface area (Å²) in [6, 6.07) is 5.25. The Morgan fingerprint density at radius 2 is 2.26 bits per heavy atom. The van der Waals surface area contributed by atoms with E-state index in [0.717, 1.165) is 31.5 Å². The molecule has 0 radical (unpaired) electrons. The summed E-state index contributed by atoms with van der Waals surface area (Å²) in [7, 11) is 3.70. The van der Waals surface area contributed by atoms with Crippen molar-refractivity contribution in [1.82, 2.24) is 4.90 Å². The van der Waals surface area contributed by atoms with E-state index in [0.29, 0.717) is 17.9 Å². The minimum Gasteiger partial charge on any atom is -0.493 e. The Balaban J connectivity index is 2.10. The standard InChI is InChI=1S/C17H26N2O4/c1-19-9-3-4-13(11-19)23-16-10-12(5-7-15(16)22-2)14(18)6-8-17(20)21/h5,7,10,13-14H,3-4,6,8-9,11,18H2,1-2H3,(H,20,21). The zero-order chi connectivity index (χ0) is 16.8. The Hall–Kier alpha value is -1.79. The van der Waals surface area contributed by atoms with Crippen molar-refractivity contribution in [3.63, 3.8) is 0 Å². The van der Waals surface area contributed by atoms with Gasteiger partial charge in [-0.3, -0.25) is 4.79 Å². The second-order valence-corrected chi connectivity index (χ2v) is 6.09. The van der Waals surface area contributed by atoms with Crippen LogP contribution in [0.4, 0.5) is 0 Å². The van der Waals surface area contributed by atoms with Crippen LogP contribution in [0.15, 0.2) is 18.2 Å². The average Bonchev–Trinajstić information content (AvgIpc) is 2.52. The quantitative estimate of drug-likeness (QED) is 0.799. The molecule has 23 heavy (non-hydrogen) atoms. The smallest absolute Gasteiger partial charge is 0.303 e. The van der Waals surface area contributed by atoms with Gasteiger partial charge in [0.15, 0.2) is 11.5 Å². The van der Waals surface area contributed by atoms with E-state index in [9.17, 15) is 4.79 Å². The number of nitrogens with zero attached hydrogens (tertiary/aromatic N) is 1. The Morgan fingerprint density at radius 1 is 1.48 bits per heavy atom. The van der Waals surface area contributed by atoms with E-state index >= 15 is 0 Å². The van der Waals surface area contributed by atoms with Crippen LogP contribution in [0.25, 0.3) is 0 Å². The molecule has 0 spiro atoms. The van der Waals surface area contributed by atoms with E-state index in [1.165, 1.54) is 0 Å². The summed E-state index contributed by atoms with van der Waals surface area (Å²) in [4.78, 5) is 12.9. The van der Waals surface area contributed by atoms with Gasteiger partial charge in [0.05, 0.1) is 7.11 Å². The number of methoxy groups -OCH3 is 1. The third-order valence-electron chi connectivity index (χ3n) is 4.16. The number of piperidine rings is 1. The molecule has 1 fully saturated rings. The molecule has 1 aromatic carbocycles.